The van der Waals surface area contributed by atoms with Gasteiger partial charge in [-0.15, -0.1) is 5.10 Å². The third kappa shape index (κ3) is 3.16. The summed E-state index contributed by atoms with van der Waals surface area (Å²) in [5, 5.41) is 21.5. The highest BCUT2D eigenvalue weighted by Crippen LogP contribution is 2.33. The van der Waals surface area contributed by atoms with Gasteiger partial charge in [-0.3, -0.25) is 0 Å². The number of aromatic nitrogens is 5. The van der Waals surface area contributed by atoms with Gasteiger partial charge in [-0.05, 0) is 46.3 Å². The Labute approximate surface area is 170 Å². The molecule has 136 valence electrons. The van der Waals surface area contributed by atoms with Crippen molar-refractivity contribution in [3.63, 3.8) is 0 Å². The third-order valence-electron chi connectivity index (χ3n) is 4.14. The van der Waals surface area contributed by atoms with Crippen LogP contribution in [0.5, 0.6) is 0 Å². The van der Waals surface area contributed by atoms with Crippen molar-refractivity contribution in [3.8, 4) is 34.3 Å². The van der Waals surface area contributed by atoms with Gasteiger partial charge >= 0.3 is 0 Å². The fourth-order valence-electron chi connectivity index (χ4n) is 2.72. The monoisotopic (exact) mass is 407 g/mol. The number of hydrogen-bond acceptors (Lipinski definition) is 6. The molecular weight excluding hydrogens is 397 g/mol. The molecule has 9 heteroatoms. The van der Waals surface area contributed by atoms with Crippen LogP contribution < -0.4 is 5.73 Å². The number of nitrogens with zero attached hydrogens (tertiary/aromatic N) is 6. The Kier molecular flexibility index (Phi) is 4.65. The zero-order chi connectivity index (χ0) is 19.7. The number of nitrogen functional groups attached to an aromatic ring is 1. The van der Waals surface area contributed by atoms with Crippen LogP contribution >= 0.6 is 23.2 Å². The van der Waals surface area contributed by atoms with Crippen molar-refractivity contribution in [1.29, 1.82) is 5.26 Å². The molecule has 0 spiro atoms. The maximum Gasteiger partial charge on any atom is 0.190 e. The van der Waals surface area contributed by atoms with E-state index in [4.69, 9.17) is 34.2 Å². The maximum absolute atomic E-state index is 8.96. The zero-order valence-corrected chi connectivity index (χ0v) is 15.7. The minimum absolute atomic E-state index is 0.270. The highest BCUT2D eigenvalue weighted by atomic mass is 35.5. The van der Waals surface area contributed by atoms with Crippen LogP contribution in [0.25, 0.3) is 28.2 Å². The first-order chi connectivity index (χ1) is 13.6. The van der Waals surface area contributed by atoms with E-state index in [9.17, 15) is 0 Å². The molecular formula is C19H11Cl2N7. The average Bonchev–Trinajstić information content (AvgIpc) is 3.20. The summed E-state index contributed by atoms with van der Waals surface area (Å²) in [6.45, 7) is 0. The largest absolute Gasteiger partial charge is 0.383 e. The lowest BCUT2D eigenvalue weighted by atomic mass is 10.0. The van der Waals surface area contributed by atoms with Crippen molar-refractivity contribution in [2.45, 2.75) is 0 Å². The Hall–Kier alpha value is -3.47. The Morgan fingerprint density at radius 3 is 2.57 bits per heavy atom. The van der Waals surface area contributed by atoms with Gasteiger partial charge in [-0.2, -0.15) is 9.94 Å². The highest BCUT2D eigenvalue weighted by molar-refractivity contribution is 6.43. The first-order valence-corrected chi connectivity index (χ1v) is 8.83. The first-order valence-electron chi connectivity index (χ1n) is 8.07. The van der Waals surface area contributed by atoms with Crippen molar-refractivity contribution in [1.82, 2.24) is 25.2 Å². The van der Waals surface area contributed by atoms with Gasteiger partial charge in [0.05, 0.1) is 32.9 Å². The van der Waals surface area contributed by atoms with Crippen LogP contribution in [0.15, 0.2) is 54.7 Å². The normalized spacial score (nSPS) is 10.6. The summed E-state index contributed by atoms with van der Waals surface area (Å²) < 4.78 is 1.46. The molecule has 0 radical (unpaired) electrons. The molecule has 0 fully saturated rings. The lowest BCUT2D eigenvalue weighted by Gasteiger charge is -2.10. The average molecular weight is 408 g/mol. The predicted octanol–water partition coefficient (Wildman–Crippen LogP) is 4.15. The molecule has 0 unspecified atom stereocenters. The number of nitrogens with two attached hydrogens (primary N) is 1. The van der Waals surface area contributed by atoms with Crippen molar-refractivity contribution in [3.05, 3.63) is 70.3 Å². The Morgan fingerprint density at radius 2 is 1.82 bits per heavy atom. The summed E-state index contributed by atoms with van der Waals surface area (Å²) in [6, 6.07) is 16.3. The summed E-state index contributed by atoms with van der Waals surface area (Å²) >= 11 is 12.4. The number of benzene rings is 2. The van der Waals surface area contributed by atoms with Crippen LogP contribution in [-0.2, 0) is 0 Å². The maximum atomic E-state index is 8.96. The van der Waals surface area contributed by atoms with E-state index < -0.39 is 0 Å². The third-order valence-corrected chi connectivity index (χ3v) is 4.94. The minimum atomic E-state index is 0.270. The molecule has 0 bridgehead atoms. The number of pyridine rings is 1. The van der Waals surface area contributed by atoms with Crippen molar-refractivity contribution < 1.29 is 0 Å². The van der Waals surface area contributed by atoms with Gasteiger partial charge < -0.3 is 5.73 Å². The Bertz CT molecular complexity index is 1210. The summed E-state index contributed by atoms with van der Waals surface area (Å²) in [5.41, 5.74) is 9.43. The van der Waals surface area contributed by atoms with Gasteiger partial charge in [-0.25, -0.2) is 4.98 Å². The van der Waals surface area contributed by atoms with Gasteiger partial charge in [0, 0.05) is 11.8 Å². The molecule has 0 aliphatic heterocycles. The fraction of sp³-hybridized carbons (Fsp3) is 0. The van der Waals surface area contributed by atoms with E-state index in [1.54, 1.807) is 36.5 Å². The van der Waals surface area contributed by atoms with E-state index in [0.717, 1.165) is 11.1 Å². The molecule has 0 saturated carbocycles. The van der Waals surface area contributed by atoms with Crippen molar-refractivity contribution >= 4 is 29.0 Å². The van der Waals surface area contributed by atoms with E-state index in [1.807, 2.05) is 18.2 Å². The molecule has 4 aromatic rings. The molecule has 7 nitrogen and oxygen atoms in total. The first kappa shape index (κ1) is 17.9. The molecule has 2 heterocycles. The standard InChI is InChI=1S/C19H11Cl2N7/c20-15-2-1-3-16(17(15)21)28-19(25-26-27-28)14-8-13(10-24-18(14)23)12-6-4-11(9-22)5-7-12/h1-8,10H,(H2,23,24). The van der Waals surface area contributed by atoms with Crippen LogP contribution in [-0.4, -0.2) is 25.2 Å². The zero-order valence-electron chi connectivity index (χ0n) is 14.2. The van der Waals surface area contributed by atoms with E-state index in [-0.39, 0.29) is 5.82 Å². The fourth-order valence-corrected chi connectivity index (χ4v) is 3.10. The van der Waals surface area contributed by atoms with E-state index in [2.05, 4.69) is 26.6 Å². The number of halogens is 2. The number of hydrogen-bond donors (Lipinski definition) is 1. The van der Waals surface area contributed by atoms with Crippen LogP contribution in [0.2, 0.25) is 10.0 Å². The SMILES string of the molecule is N#Cc1ccc(-c2cnc(N)c(-c3nnnn3-c3cccc(Cl)c3Cl)c2)cc1. The predicted molar refractivity (Wildman–Crippen MR) is 107 cm³/mol. The van der Waals surface area contributed by atoms with Gasteiger partial charge in [0.25, 0.3) is 0 Å². The van der Waals surface area contributed by atoms with Crippen LogP contribution in [0, 0.1) is 11.3 Å². The summed E-state index contributed by atoms with van der Waals surface area (Å²) in [5.74, 6) is 0.649. The number of anilines is 1. The molecule has 2 N–H and O–H groups in total. The molecule has 0 saturated heterocycles. The lowest BCUT2D eigenvalue weighted by Crippen LogP contribution is -2.04. The van der Waals surface area contributed by atoms with Crippen LogP contribution in [0.3, 0.4) is 0 Å². The molecule has 28 heavy (non-hydrogen) atoms. The lowest BCUT2D eigenvalue weighted by molar-refractivity contribution is 0.791. The topological polar surface area (TPSA) is 106 Å². The van der Waals surface area contributed by atoms with Crippen LogP contribution in [0.1, 0.15) is 5.56 Å². The molecule has 4 rings (SSSR count). The molecule has 0 aliphatic carbocycles. The quantitative estimate of drug-likeness (QED) is 0.546. The van der Waals surface area contributed by atoms with Gasteiger partial charge in [-0.1, -0.05) is 41.4 Å². The van der Waals surface area contributed by atoms with E-state index in [0.29, 0.717) is 32.7 Å². The van der Waals surface area contributed by atoms with Gasteiger partial charge in [0.1, 0.15) is 5.82 Å². The number of tetrazole rings is 1. The van der Waals surface area contributed by atoms with Gasteiger partial charge in [0.2, 0.25) is 0 Å². The molecule has 2 aromatic heterocycles. The minimum Gasteiger partial charge on any atom is -0.383 e. The van der Waals surface area contributed by atoms with Crippen LogP contribution in [0.4, 0.5) is 5.82 Å². The summed E-state index contributed by atoms with van der Waals surface area (Å²) in [4.78, 5) is 4.27. The van der Waals surface area contributed by atoms with Gasteiger partial charge in [0.15, 0.2) is 5.82 Å². The second kappa shape index (κ2) is 7.27. The van der Waals surface area contributed by atoms with Crippen molar-refractivity contribution in [2.24, 2.45) is 0 Å². The van der Waals surface area contributed by atoms with E-state index in [1.165, 1.54) is 4.68 Å². The number of rotatable bonds is 3. The second-order valence-corrected chi connectivity index (χ2v) is 6.62. The summed E-state index contributed by atoms with van der Waals surface area (Å²) in [6.07, 6.45) is 1.65. The highest BCUT2D eigenvalue weighted by Gasteiger charge is 2.18. The Balaban J connectivity index is 1.84. The number of nitriles is 1. The second-order valence-electron chi connectivity index (χ2n) is 5.83. The van der Waals surface area contributed by atoms with E-state index >= 15 is 0 Å². The molecule has 2 aromatic carbocycles. The van der Waals surface area contributed by atoms with Crippen molar-refractivity contribution in [2.75, 3.05) is 5.73 Å². The molecule has 0 atom stereocenters. The molecule has 0 aliphatic rings. The molecule has 0 amide bonds. The Morgan fingerprint density at radius 1 is 1.04 bits per heavy atom. The smallest absolute Gasteiger partial charge is 0.190 e. The summed E-state index contributed by atoms with van der Waals surface area (Å²) in [7, 11) is 0.